The van der Waals surface area contributed by atoms with Crippen LogP contribution in [-0.2, 0) is 0 Å². The van der Waals surface area contributed by atoms with E-state index in [-0.39, 0.29) is 0 Å². The number of hydrogen-bond donors (Lipinski definition) is 0. The van der Waals surface area contributed by atoms with Gasteiger partial charge in [-0.05, 0) is 105 Å². The Hall–Kier alpha value is -6.28. The van der Waals surface area contributed by atoms with Crippen LogP contribution in [0.25, 0.3) is 107 Å². The number of fused-ring (bicyclic) bond motifs is 14. The first kappa shape index (κ1) is 28.5. The van der Waals surface area contributed by atoms with Gasteiger partial charge < -0.3 is 0 Å². The summed E-state index contributed by atoms with van der Waals surface area (Å²) in [6.45, 7) is 0. The highest BCUT2D eigenvalue weighted by Gasteiger charge is 2.16. The van der Waals surface area contributed by atoms with Crippen molar-refractivity contribution in [2.45, 2.75) is 0 Å². The third kappa shape index (κ3) is 4.32. The molecular formula is C50H30S. The molecule has 1 heteroatoms. The smallest absolute Gasteiger partial charge is 0.0361 e. The summed E-state index contributed by atoms with van der Waals surface area (Å²) in [4.78, 5) is 0. The van der Waals surface area contributed by atoms with Crippen molar-refractivity contribution in [1.82, 2.24) is 0 Å². The maximum absolute atomic E-state index is 2.40. The van der Waals surface area contributed by atoms with Crippen molar-refractivity contribution >= 4 is 85.4 Å². The van der Waals surface area contributed by atoms with Crippen LogP contribution in [-0.4, -0.2) is 0 Å². The van der Waals surface area contributed by atoms with Crippen LogP contribution in [0.2, 0.25) is 0 Å². The zero-order valence-electron chi connectivity index (χ0n) is 27.7. The number of hydrogen-bond acceptors (Lipinski definition) is 1. The van der Waals surface area contributed by atoms with Gasteiger partial charge in [0.1, 0.15) is 0 Å². The van der Waals surface area contributed by atoms with E-state index < -0.39 is 0 Å². The molecule has 0 bridgehead atoms. The van der Waals surface area contributed by atoms with Gasteiger partial charge in [0, 0.05) is 20.2 Å². The van der Waals surface area contributed by atoms with Crippen molar-refractivity contribution in [3.63, 3.8) is 0 Å². The Morgan fingerprint density at radius 3 is 1.24 bits per heavy atom. The lowest BCUT2D eigenvalue weighted by Crippen LogP contribution is -1.89. The minimum absolute atomic E-state index is 1.22. The zero-order chi connectivity index (χ0) is 33.5. The summed E-state index contributed by atoms with van der Waals surface area (Å²) in [5.41, 5.74) is 7.45. The molecule has 236 valence electrons. The first-order valence-corrected chi connectivity index (χ1v) is 18.4. The quantitative estimate of drug-likeness (QED) is 0.165. The lowest BCUT2D eigenvalue weighted by Gasteiger charge is -2.17. The molecule has 0 fully saturated rings. The number of benzene rings is 10. The van der Waals surface area contributed by atoms with Gasteiger partial charge in [0.15, 0.2) is 0 Å². The van der Waals surface area contributed by atoms with Crippen LogP contribution >= 0.6 is 11.3 Å². The van der Waals surface area contributed by atoms with E-state index in [0.29, 0.717) is 0 Å². The van der Waals surface area contributed by atoms with Gasteiger partial charge in [-0.3, -0.25) is 0 Å². The van der Waals surface area contributed by atoms with E-state index in [1.54, 1.807) is 0 Å². The molecule has 0 unspecified atom stereocenters. The molecule has 51 heavy (non-hydrogen) atoms. The van der Waals surface area contributed by atoms with Crippen LogP contribution in [0.15, 0.2) is 182 Å². The van der Waals surface area contributed by atoms with Gasteiger partial charge in [-0.25, -0.2) is 0 Å². The van der Waals surface area contributed by atoms with Gasteiger partial charge >= 0.3 is 0 Å². The highest BCUT2D eigenvalue weighted by atomic mass is 32.1. The predicted octanol–water partition coefficient (Wildman–Crippen LogP) is 14.8. The van der Waals surface area contributed by atoms with Crippen molar-refractivity contribution in [3.05, 3.63) is 182 Å². The van der Waals surface area contributed by atoms with Gasteiger partial charge in [-0.1, -0.05) is 164 Å². The fraction of sp³-hybridized carbons (Fsp3) is 0. The van der Waals surface area contributed by atoms with Crippen LogP contribution in [0.3, 0.4) is 0 Å². The van der Waals surface area contributed by atoms with Crippen molar-refractivity contribution < 1.29 is 0 Å². The maximum atomic E-state index is 2.40. The molecule has 0 saturated carbocycles. The molecule has 0 amide bonds. The standard InChI is InChI=1S/C50H30S/c1-4-13-40-37(10-1)38-11-2-5-14-41(38)50-43-29-28-35(30-45(43)39-12-3-6-15-42(39)49(40)50)33-22-20-31(21-23-33)32-24-26-34(27-25-32)36-17-9-19-47-48(36)44-16-7-8-18-46(44)51-47/h1-30H. The molecule has 1 heterocycles. The summed E-state index contributed by atoms with van der Waals surface area (Å²) in [7, 11) is 0. The van der Waals surface area contributed by atoms with Crippen molar-refractivity contribution in [1.29, 1.82) is 0 Å². The number of rotatable bonds is 3. The Labute approximate surface area is 299 Å². The Kier molecular flexibility index (Phi) is 6.22. The summed E-state index contributed by atoms with van der Waals surface area (Å²) in [5, 5.41) is 15.8. The van der Waals surface area contributed by atoms with E-state index in [1.165, 1.54) is 107 Å². The lowest BCUT2D eigenvalue weighted by atomic mass is 9.86. The molecule has 11 rings (SSSR count). The van der Waals surface area contributed by atoms with E-state index in [1.807, 2.05) is 11.3 Å². The second-order valence-corrected chi connectivity index (χ2v) is 14.7. The van der Waals surface area contributed by atoms with Crippen LogP contribution < -0.4 is 0 Å². The van der Waals surface area contributed by atoms with E-state index in [4.69, 9.17) is 0 Å². The molecule has 1 aromatic heterocycles. The van der Waals surface area contributed by atoms with Gasteiger partial charge in [0.2, 0.25) is 0 Å². The second kappa shape index (κ2) is 11.1. The summed E-state index contributed by atoms with van der Waals surface area (Å²) >= 11 is 1.87. The maximum Gasteiger partial charge on any atom is 0.0361 e. The molecule has 0 aliphatic heterocycles. The minimum atomic E-state index is 1.22. The third-order valence-electron chi connectivity index (χ3n) is 10.9. The number of thiophene rings is 1. The molecule has 10 aromatic carbocycles. The summed E-state index contributed by atoms with van der Waals surface area (Å²) < 4.78 is 2.68. The van der Waals surface area contributed by atoms with Gasteiger partial charge in [-0.2, -0.15) is 0 Å². The monoisotopic (exact) mass is 662 g/mol. The first-order valence-electron chi connectivity index (χ1n) is 17.6. The van der Waals surface area contributed by atoms with Crippen molar-refractivity contribution in [2.24, 2.45) is 0 Å². The average Bonchev–Trinajstić information content (AvgIpc) is 3.60. The first-order chi connectivity index (χ1) is 25.3. The molecule has 0 radical (unpaired) electrons. The SMILES string of the molecule is c1ccc2c(c1)sc1cccc(-c3ccc(-c4ccc(-c5ccc6c(c5)c5ccccc5c5c7ccccc7c7ccccc7c65)cc4)cc3)c12. The van der Waals surface area contributed by atoms with E-state index >= 15 is 0 Å². The van der Waals surface area contributed by atoms with E-state index in [0.717, 1.165) is 0 Å². The summed E-state index contributed by atoms with van der Waals surface area (Å²) in [6, 6.07) is 67.4. The Morgan fingerprint density at radius 1 is 0.235 bits per heavy atom. The topological polar surface area (TPSA) is 0 Å². The van der Waals surface area contributed by atoms with Crippen LogP contribution in [0.5, 0.6) is 0 Å². The molecule has 0 N–H and O–H groups in total. The van der Waals surface area contributed by atoms with Crippen LogP contribution in [0.1, 0.15) is 0 Å². The highest BCUT2D eigenvalue weighted by molar-refractivity contribution is 7.25. The summed E-state index contributed by atoms with van der Waals surface area (Å²) in [6.07, 6.45) is 0. The Bertz CT molecular complexity index is 3160. The van der Waals surface area contributed by atoms with Crippen molar-refractivity contribution in [2.75, 3.05) is 0 Å². The minimum Gasteiger partial charge on any atom is -0.135 e. The van der Waals surface area contributed by atoms with E-state index in [9.17, 15) is 0 Å². The summed E-state index contributed by atoms with van der Waals surface area (Å²) in [5.74, 6) is 0. The molecule has 0 spiro atoms. The molecule has 0 aliphatic carbocycles. The molecule has 0 aliphatic rings. The molecule has 0 nitrogen and oxygen atoms in total. The Morgan fingerprint density at radius 2 is 0.647 bits per heavy atom. The van der Waals surface area contributed by atoms with Gasteiger partial charge in [-0.15, -0.1) is 11.3 Å². The van der Waals surface area contributed by atoms with Gasteiger partial charge in [0.05, 0.1) is 0 Å². The molecular weight excluding hydrogens is 633 g/mol. The normalized spacial score (nSPS) is 11.9. The third-order valence-corrected chi connectivity index (χ3v) is 12.0. The molecule has 11 aromatic rings. The fourth-order valence-electron chi connectivity index (χ4n) is 8.51. The average molecular weight is 663 g/mol. The van der Waals surface area contributed by atoms with E-state index in [2.05, 4.69) is 182 Å². The highest BCUT2D eigenvalue weighted by Crippen LogP contribution is 2.45. The van der Waals surface area contributed by atoms with Crippen molar-refractivity contribution in [3.8, 4) is 33.4 Å². The molecule has 0 atom stereocenters. The predicted molar refractivity (Wildman–Crippen MR) is 223 cm³/mol. The molecule has 0 saturated heterocycles. The lowest BCUT2D eigenvalue weighted by molar-refractivity contribution is 1.60. The van der Waals surface area contributed by atoms with Gasteiger partial charge in [0.25, 0.3) is 0 Å². The fourth-order valence-corrected chi connectivity index (χ4v) is 9.65. The van der Waals surface area contributed by atoms with Crippen LogP contribution in [0, 0.1) is 0 Å². The van der Waals surface area contributed by atoms with Crippen LogP contribution in [0.4, 0.5) is 0 Å². The second-order valence-electron chi connectivity index (χ2n) is 13.6. The Balaban J connectivity index is 1.01. The zero-order valence-corrected chi connectivity index (χ0v) is 28.5. The largest absolute Gasteiger partial charge is 0.135 e.